The van der Waals surface area contributed by atoms with Crippen LogP contribution in [0.15, 0.2) is 59.8 Å². The Morgan fingerprint density at radius 2 is 1.73 bits per heavy atom. The molecular weight excluding hydrogens is 368 g/mol. The molecule has 0 unspecified atom stereocenters. The lowest BCUT2D eigenvalue weighted by Crippen LogP contribution is -2.14. The summed E-state index contributed by atoms with van der Waals surface area (Å²) in [5, 5.41) is 12.7. The van der Waals surface area contributed by atoms with Crippen LogP contribution in [0.3, 0.4) is 0 Å². The van der Waals surface area contributed by atoms with Gasteiger partial charge in [0.05, 0.1) is 16.3 Å². The molecule has 3 rings (SSSR count). The van der Waals surface area contributed by atoms with E-state index >= 15 is 0 Å². The van der Waals surface area contributed by atoms with Crippen LogP contribution in [0, 0.1) is 11.6 Å². The van der Waals surface area contributed by atoms with Gasteiger partial charge in [-0.25, -0.2) is 26.7 Å². The zero-order chi connectivity index (χ0) is 18.9. The van der Waals surface area contributed by atoms with E-state index < -0.39 is 38.9 Å². The van der Waals surface area contributed by atoms with E-state index in [9.17, 15) is 22.0 Å². The molecule has 0 aliphatic rings. The fourth-order valence-electron chi connectivity index (χ4n) is 2.25. The van der Waals surface area contributed by atoms with Gasteiger partial charge in [0.15, 0.2) is 0 Å². The quantitative estimate of drug-likeness (QED) is 0.710. The zero-order valence-corrected chi connectivity index (χ0v) is 13.7. The van der Waals surface area contributed by atoms with Gasteiger partial charge < -0.3 is 5.11 Å². The lowest BCUT2D eigenvalue weighted by atomic mass is 10.2. The minimum absolute atomic E-state index is 0.142. The molecule has 0 bridgehead atoms. The van der Waals surface area contributed by atoms with E-state index in [0.29, 0.717) is 17.8 Å². The Labute approximate surface area is 146 Å². The molecule has 0 aliphatic heterocycles. The van der Waals surface area contributed by atoms with Crippen molar-refractivity contribution < 1.29 is 27.1 Å². The highest BCUT2D eigenvalue weighted by Crippen LogP contribution is 2.22. The molecule has 10 heteroatoms. The van der Waals surface area contributed by atoms with E-state index in [-0.39, 0.29) is 4.90 Å². The third kappa shape index (κ3) is 3.40. The van der Waals surface area contributed by atoms with Crippen LogP contribution in [0.5, 0.6) is 0 Å². The van der Waals surface area contributed by atoms with E-state index in [1.165, 1.54) is 28.9 Å². The number of carbonyl (C=O) groups is 1. The minimum Gasteiger partial charge on any atom is -0.477 e. The van der Waals surface area contributed by atoms with Crippen LogP contribution in [0.4, 0.5) is 14.5 Å². The summed E-state index contributed by atoms with van der Waals surface area (Å²) in [4.78, 5) is 10.6. The number of hydrogen-bond acceptors (Lipinski definition) is 4. The Hall–Kier alpha value is -3.27. The highest BCUT2D eigenvalue weighted by molar-refractivity contribution is 7.92. The van der Waals surface area contributed by atoms with Crippen LogP contribution in [0.25, 0.3) is 5.69 Å². The number of sulfonamides is 1. The van der Waals surface area contributed by atoms with Gasteiger partial charge in [0, 0.05) is 12.4 Å². The largest absolute Gasteiger partial charge is 0.477 e. The first-order valence-electron chi connectivity index (χ1n) is 7.13. The number of aromatic carboxylic acids is 1. The third-order valence-electron chi connectivity index (χ3n) is 3.42. The SMILES string of the molecule is O=C(O)c1c(F)cc(NS(=O)(=O)c2ccc(-n3cccn3)cc2)cc1F. The van der Waals surface area contributed by atoms with Crippen LogP contribution in [-0.4, -0.2) is 29.3 Å². The van der Waals surface area contributed by atoms with Crippen molar-refractivity contribution in [1.82, 2.24) is 9.78 Å². The molecule has 2 aromatic carbocycles. The van der Waals surface area contributed by atoms with Crippen molar-refractivity contribution >= 4 is 21.7 Å². The lowest BCUT2D eigenvalue weighted by molar-refractivity contribution is 0.0686. The van der Waals surface area contributed by atoms with E-state index in [2.05, 4.69) is 5.10 Å². The van der Waals surface area contributed by atoms with Gasteiger partial charge in [-0.05, 0) is 42.5 Å². The third-order valence-corrected chi connectivity index (χ3v) is 4.82. The Balaban J connectivity index is 1.88. The first-order valence-corrected chi connectivity index (χ1v) is 8.61. The van der Waals surface area contributed by atoms with Crippen LogP contribution in [-0.2, 0) is 10.0 Å². The molecule has 26 heavy (non-hydrogen) atoms. The van der Waals surface area contributed by atoms with Crippen molar-refractivity contribution in [3.05, 3.63) is 72.1 Å². The van der Waals surface area contributed by atoms with Crippen molar-refractivity contribution in [2.75, 3.05) is 4.72 Å². The van der Waals surface area contributed by atoms with Gasteiger partial charge in [-0.15, -0.1) is 0 Å². The van der Waals surface area contributed by atoms with Gasteiger partial charge in [0.1, 0.15) is 17.2 Å². The molecule has 0 spiro atoms. The maximum absolute atomic E-state index is 13.7. The summed E-state index contributed by atoms with van der Waals surface area (Å²) < 4.78 is 55.6. The Morgan fingerprint density at radius 3 is 2.23 bits per heavy atom. The van der Waals surface area contributed by atoms with Crippen molar-refractivity contribution in [2.45, 2.75) is 4.90 Å². The maximum atomic E-state index is 13.7. The first kappa shape index (κ1) is 17.5. The van der Waals surface area contributed by atoms with Crippen molar-refractivity contribution in [3.63, 3.8) is 0 Å². The standard InChI is InChI=1S/C16H11F2N3O4S/c17-13-8-10(9-14(18)15(13)16(22)23)20-26(24,25)12-4-2-11(3-5-12)21-7-1-6-19-21/h1-9,20H,(H,22,23). The smallest absolute Gasteiger partial charge is 0.341 e. The fraction of sp³-hybridized carbons (Fsp3) is 0. The highest BCUT2D eigenvalue weighted by Gasteiger charge is 2.20. The molecule has 7 nitrogen and oxygen atoms in total. The Kier molecular flexibility index (Phi) is 4.43. The monoisotopic (exact) mass is 379 g/mol. The summed E-state index contributed by atoms with van der Waals surface area (Å²) >= 11 is 0. The molecule has 0 fully saturated rings. The van der Waals surface area contributed by atoms with Crippen molar-refractivity contribution in [2.24, 2.45) is 0 Å². The normalized spacial score (nSPS) is 11.3. The van der Waals surface area contributed by atoms with E-state index in [4.69, 9.17) is 5.11 Å². The van der Waals surface area contributed by atoms with Crippen LogP contribution in [0.1, 0.15) is 10.4 Å². The average Bonchev–Trinajstić information content (AvgIpc) is 3.08. The zero-order valence-electron chi connectivity index (χ0n) is 12.9. The number of nitrogens with one attached hydrogen (secondary N) is 1. The second-order valence-electron chi connectivity index (χ2n) is 5.17. The second-order valence-corrected chi connectivity index (χ2v) is 6.85. The lowest BCUT2D eigenvalue weighted by Gasteiger charge is -2.10. The number of rotatable bonds is 5. The number of benzene rings is 2. The summed E-state index contributed by atoms with van der Waals surface area (Å²) in [6.45, 7) is 0. The maximum Gasteiger partial charge on any atom is 0.341 e. The Bertz CT molecular complexity index is 1040. The topological polar surface area (TPSA) is 101 Å². The molecule has 0 saturated heterocycles. The van der Waals surface area contributed by atoms with Crippen molar-refractivity contribution in [3.8, 4) is 5.69 Å². The molecule has 0 atom stereocenters. The van der Waals surface area contributed by atoms with Crippen molar-refractivity contribution in [1.29, 1.82) is 0 Å². The predicted octanol–water partition coefficient (Wildman–Crippen LogP) is 2.65. The van der Waals surface area contributed by atoms with Gasteiger partial charge >= 0.3 is 5.97 Å². The number of anilines is 1. The van der Waals surface area contributed by atoms with Gasteiger partial charge in [-0.1, -0.05) is 0 Å². The highest BCUT2D eigenvalue weighted by atomic mass is 32.2. The molecule has 1 heterocycles. The molecule has 0 radical (unpaired) electrons. The molecule has 0 amide bonds. The minimum atomic E-state index is -4.13. The molecule has 134 valence electrons. The van der Waals surface area contributed by atoms with Gasteiger partial charge in [0.2, 0.25) is 0 Å². The molecular formula is C16H11F2N3O4S. The molecule has 0 aliphatic carbocycles. The summed E-state index contributed by atoms with van der Waals surface area (Å²) in [5.41, 5.74) is -0.963. The summed E-state index contributed by atoms with van der Waals surface area (Å²) in [7, 11) is -4.13. The number of aromatic nitrogens is 2. The van der Waals surface area contributed by atoms with E-state index in [0.717, 1.165) is 0 Å². The van der Waals surface area contributed by atoms with E-state index in [1.54, 1.807) is 18.5 Å². The Morgan fingerprint density at radius 1 is 1.12 bits per heavy atom. The first-order chi connectivity index (χ1) is 12.3. The van der Waals surface area contributed by atoms with Crippen LogP contribution < -0.4 is 4.72 Å². The van der Waals surface area contributed by atoms with Gasteiger partial charge in [-0.2, -0.15) is 5.10 Å². The average molecular weight is 379 g/mol. The number of carboxylic acid groups (broad SMARTS) is 1. The molecule has 1 aromatic heterocycles. The number of nitrogens with zero attached hydrogens (tertiary/aromatic N) is 2. The second kappa shape index (κ2) is 6.56. The number of hydrogen-bond donors (Lipinski definition) is 2. The fourth-order valence-corrected chi connectivity index (χ4v) is 3.29. The van der Waals surface area contributed by atoms with Gasteiger partial charge in [0.25, 0.3) is 10.0 Å². The molecule has 2 N–H and O–H groups in total. The van der Waals surface area contributed by atoms with E-state index in [1.807, 2.05) is 4.72 Å². The number of carboxylic acids is 1. The predicted molar refractivity (Wildman–Crippen MR) is 87.7 cm³/mol. The molecule has 0 saturated carbocycles. The van der Waals surface area contributed by atoms with Crippen LogP contribution in [0.2, 0.25) is 0 Å². The number of halogens is 2. The van der Waals surface area contributed by atoms with Gasteiger partial charge in [-0.3, -0.25) is 4.72 Å². The summed E-state index contributed by atoms with van der Waals surface area (Å²) in [6.07, 6.45) is 3.24. The van der Waals surface area contributed by atoms with Crippen LogP contribution >= 0.6 is 0 Å². The molecule has 3 aromatic rings. The summed E-state index contributed by atoms with van der Waals surface area (Å²) in [6, 6.07) is 8.53. The summed E-state index contributed by atoms with van der Waals surface area (Å²) in [5.74, 6) is -4.56.